The van der Waals surface area contributed by atoms with Crippen molar-refractivity contribution in [3.8, 4) is 0 Å². The second kappa shape index (κ2) is 5.77. The van der Waals surface area contributed by atoms with Gasteiger partial charge in [0.15, 0.2) is 0 Å². The van der Waals surface area contributed by atoms with Gasteiger partial charge in [-0.25, -0.2) is 12.7 Å². The van der Waals surface area contributed by atoms with Crippen LogP contribution in [0.1, 0.15) is 6.92 Å². The van der Waals surface area contributed by atoms with Gasteiger partial charge >= 0.3 is 0 Å². The lowest BCUT2D eigenvalue weighted by Crippen LogP contribution is -2.29. The van der Waals surface area contributed by atoms with Gasteiger partial charge in [-0.15, -0.1) is 0 Å². The molecule has 0 spiro atoms. The third-order valence-corrected chi connectivity index (χ3v) is 4.62. The van der Waals surface area contributed by atoms with Gasteiger partial charge < -0.3 is 15.7 Å². The van der Waals surface area contributed by atoms with Crippen molar-refractivity contribution in [3.63, 3.8) is 0 Å². The molecule has 0 saturated heterocycles. The van der Waals surface area contributed by atoms with Crippen LogP contribution < -0.4 is 10.6 Å². The zero-order valence-corrected chi connectivity index (χ0v) is 12.5. The third-order valence-electron chi connectivity index (χ3n) is 2.75. The van der Waals surface area contributed by atoms with Gasteiger partial charge in [0.1, 0.15) is 4.90 Å². The van der Waals surface area contributed by atoms with E-state index < -0.39 is 16.1 Å². The zero-order chi connectivity index (χ0) is 14.8. The summed E-state index contributed by atoms with van der Waals surface area (Å²) in [6.07, 6.45) is -0.529. The van der Waals surface area contributed by atoms with Crippen molar-refractivity contribution in [1.82, 2.24) is 4.31 Å². The Balaban J connectivity index is 3.27. The van der Waals surface area contributed by atoms with E-state index in [2.05, 4.69) is 0 Å². The number of hydrogen-bond acceptors (Lipinski definition) is 5. The maximum atomic E-state index is 12.1. The summed E-state index contributed by atoms with van der Waals surface area (Å²) in [5.41, 5.74) is 6.74. The van der Waals surface area contributed by atoms with Gasteiger partial charge in [0.25, 0.3) is 0 Å². The predicted molar refractivity (Wildman–Crippen MR) is 76.7 cm³/mol. The first-order valence-corrected chi connectivity index (χ1v) is 7.32. The Hall–Kier alpha value is -1.31. The molecule has 0 heterocycles. The molecule has 0 fully saturated rings. The Bertz CT molecular complexity index is 541. The maximum Gasteiger partial charge on any atom is 0.244 e. The molecule has 1 aromatic carbocycles. The van der Waals surface area contributed by atoms with Gasteiger partial charge in [0.05, 0.1) is 17.5 Å². The molecule has 0 bridgehead atoms. The summed E-state index contributed by atoms with van der Waals surface area (Å²) in [5, 5.41) is 9.38. The first-order chi connectivity index (χ1) is 8.67. The first-order valence-electron chi connectivity index (χ1n) is 5.88. The fourth-order valence-corrected chi connectivity index (χ4v) is 2.81. The Morgan fingerprint density at radius 1 is 1.32 bits per heavy atom. The number of aliphatic hydroxyl groups excluding tert-OH is 1. The Morgan fingerprint density at radius 3 is 2.37 bits per heavy atom. The van der Waals surface area contributed by atoms with Gasteiger partial charge in [-0.1, -0.05) is 6.07 Å². The molecule has 1 unspecified atom stereocenters. The van der Waals surface area contributed by atoms with Crippen molar-refractivity contribution in [3.05, 3.63) is 18.2 Å². The number of para-hydroxylation sites is 1. The van der Waals surface area contributed by atoms with E-state index in [1.54, 1.807) is 31.0 Å². The second-order valence-electron chi connectivity index (χ2n) is 4.71. The number of sulfonamides is 1. The normalized spacial score (nSPS) is 13.6. The molecular weight excluding hydrogens is 266 g/mol. The molecule has 6 nitrogen and oxygen atoms in total. The lowest BCUT2D eigenvalue weighted by molar-refractivity contribution is 0.201. The van der Waals surface area contributed by atoms with Crippen molar-refractivity contribution < 1.29 is 13.5 Å². The molecule has 3 N–H and O–H groups in total. The molecule has 7 heteroatoms. The highest BCUT2D eigenvalue weighted by Crippen LogP contribution is 2.30. The summed E-state index contributed by atoms with van der Waals surface area (Å²) < 4.78 is 25.4. The Morgan fingerprint density at radius 2 is 1.89 bits per heavy atom. The number of likely N-dealkylation sites (N-methyl/N-ethyl adjacent to an activating group) is 1. The van der Waals surface area contributed by atoms with Gasteiger partial charge in [-0.3, -0.25) is 0 Å². The summed E-state index contributed by atoms with van der Waals surface area (Å²) in [5.74, 6) is 0. The minimum Gasteiger partial charge on any atom is -0.396 e. The van der Waals surface area contributed by atoms with Gasteiger partial charge in [0.2, 0.25) is 10.0 Å². The number of nitrogen functional groups attached to an aromatic ring is 1. The van der Waals surface area contributed by atoms with E-state index in [0.29, 0.717) is 12.2 Å². The third kappa shape index (κ3) is 3.37. The van der Waals surface area contributed by atoms with Crippen LogP contribution in [0.25, 0.3) is 0 Å². The molecule has 0 radical (unpaired) electrons. The molecule has 0 aliphatic rings. The van der Waals surface area contributed by atoms with Crippen molar-refractivity contribution in [2.75, 3.05) is 38.3 Å². The average Bonchev–Trinajstić information content (AvgIpc) is 2.27. The Kier molecular flexibility index (Phi) is 4.78. The van der Waals surface area contributed by atoms with Crippen molar-refractivity contribution in [1.29, 1.82) is 0 Å². The van der Waals surface area contributed by atoms with E-state index in [1.165, 1.54) is 20.2 Å². The minimum atomic E-state index is -3.57. The largest absolute Gasteiger partial charge is 0.396 e. The van der Waals surface area contributed by atoms with Crippen molar-refractivity contribution >= 4 is 21.4 Å². The molecule has 108 valence electrons. The van der Waals surface area contributed by atoms with Crippen LogP contribution in [0.15, 0.2) is 23.1 Å². The van der Waals surface area contributed by atoms with Crippen molar-refractivity contribution in [2.24, 2.45) is 0 Å². The highest BCUT2D eigenvalue weighted by molar-refractivity contribution is 7.89. The van der Waals surface area contributed by atoms with E-state index in [4.69, 9.17) is 5.73 Å². The summed E-state index contributed by atoms with van der Waals surface area (Å²) in [6, 6.07) is 4.84. The fourth-order valence-electron chi connectivity index (χ4n) is 1.78. The van der Waals surface area contributed by atoms with Crippen LogP contribution in [0.5, 0.6) is 0 Å². The molecule has 19 heavy (non-hydrogen) atoms. The van der Waals surface area contributed by atoms with E-state index in [9.17, 15) is 13.5 Å². The minimum absolute atomic E-state index is 0.0763. The standard InChI is InChI=1S/C12H21N3O3S/c1-9(16)8-15(4)10-6-5-7-11(12(10)13)19(17,18)14(2)3/h5-7,9,16H,8,13H2,1-4H3. The summed E-state index contributed by atoms with van der Waals surface area (Å²) >= 11 is 0. The van der Waals surface area contributed by atoms with Gasteiger partial charge in [-0.2, -0.15) is 0 Å². The smallest absolute Gasteiger partial charge is 0.244 e. The molecule has 0 saturated carbocycles. The monoisotopic (exact) mass is 287 g/mol. The lowest BCUT2D eigenvalue weighted by atomic mass is 10.2. The molecule has 0 aliphatic carbocycles. The van der Waals surface area contributed by atoms with Crippen LogP contribution in [0, 0.1) is 0 Å². The second-order valence-corrected chi connectivity index (χ2v) is 6.83. The molecule has 1 atom stereocenters. The zero-order valence-electron chi connectivity index (χ0n) is 11.7. The fraction of sp³-hybridized carbons (Fsp3) is 0.500. The number of benzene rings is 1. The number of aliphatic hydroxyl groups is 1. The Labute approximate surface area is 114 Å². The molecule has 0 aromatic heterocycles. The highest BCUT2D eigenvalue weighted by atomic mass is 32.2. The molecule has 1 aromatic rings. The lowest BCUT2D eigenvalue weighted by Gasteiger charge is -2.24. The number of rotatable bonds is 5. The number of hydrogen-bond donors (Lipinski definition) is 2. The number of nitrogens with zero attached hydrogens (tertiary/aromatic N) is 2. The number of anilines is 2. The summed E-state index contributed by atoms with van der Waals surface area (Å²) in [4.78, 5) is 1.81. The molecular formula is C12H21N3O3S. The SMILES string of the molecule is CC(O)CN(C)c1cccc(S(=O)(=O)N(C)C)c1N. The van der Waals surface area contributed by atoms with Crippen LogP contribution in [-0.4, -0.2) is 51.6 Å². The van der Waals surface area contributed by atoms with E-state index in [-0.39, 0.29) is 10.6 Å². The summed E-state index contributed by atoms with van der Waals surface area (Å²) in [7, 11) is 1.10. The van der Waals surface area contributed by atoms with Crippen LogP contribution in [-0.2, 0) is 10.0 Å². The molecule has 0 aliphatic heterocycles. The van der Waals surface area contributed by atoms with Crippen LogP contribution in [0.4, 0.5) is 11.4 Å². The molecule has 0 amide bonds. The molecule has 1 rings (SSSR count). The van der Waals surface area contributed by atoms with Crippen LogP contribution >= 0.6 is 0 Å². The van der Waals surface area contributed by atoms with Gasteiger partial charge in [-0.05, 0) is 19.1 Å². The van der Waals surface area contributed by atoms with E-state index in [0.717, 1.165) is 4.31 Å². The van der Waals surface area contributed by atoms with Crippen LogP contribution in [0.2, 0.25) is 0 Å². The predicted octanol–water partition coefficient (Wildman–Crippen LogP) is 0.336. The first kappa shape index (κ1) is 15.7. The topological polar surface area (TPSA) is 86.9 Å². The van der Waals surface area contributed by atoms with E-state index >= 15 is 0 Å². The highest BCUT2D eigenvalue weighted by Gasteiger charge is 2.22. The van der Waals surface area contributed by atoms with E-state index in [1.807, 2.05) is 0 Å². The van der Waals surface area contributed by atoms with Gasteiger partial charge in [0, 0.05) is 27.7 Å². The number of nitrogens with two attached hydrogens (primary N) is 1. The summed E-state index contributed by atoms with van der Waals surface area (Å²) in [6.45, 7) is 2.03. The van der Waals surface area contributed by atoms with Crippen molar-refractivity contribution in [2.45, 2.75) is 17.9 Å². The quantitative estimate of drug-likeness (QED) is 0.762. The van der Waals surface area contributed by atoms with Crippen LogP contribution in [0.3, 0.4) is 0 Å². The maximum absolute atomic E-state index is 12.1. The average molecular weight is 287 g/mol.